The third-order valence-corrected chi connectivity index (χ3v) is 5.40. The van der Waals surface area contributed by atoms with Crippen LogP contribution in [0.1, 0.15) is 74.1 Å². The van der Waals surface area contributed by atoms with Crippen molar-refractivity contribution < 1.29 is 4.79 Å². The van der Waals surface area contributed by atoms with Gasteiger partial charge in [-0.3, -0.25) is 4.79 Å². The summed E-state index contributed by atoms with van der Waals surface area (Å²) in [5, 5.41) is 11.9. The van der Waals surface area contributed by atoms with Gasteiger partial charge in [0.25, 0.3) is 5.91 Å². The van der Waals surface area contributed by atoms with Gasteiger partial charge in [-0.2, -0.15) is 0 Å². The van der Waals surface area contributed by atoms with Gasteiger partial charge in [-0.05, 0) is 52.6 Å². The minimum Gasteiger partial charge on any atom is -0.334 e. The zero-order chi connectivity index (χ0) is 16.2. The third-order valence-electron chi connectivity index (χ3n) is 5.40. The summed E-state index contributed by atoms with van der Waals surface area (Å²) in [5.74, 6) is 0.0667. The fraction of sp³-hybridized carbons (Fsp3) is 0.824. The van der Waals surface area contributed by atoms with Gasteiger partial charge >= 0.3 is 0 Å². The summed E-state index contributed by atoms with van der Waals surface area (Å²) < 4.78 is 1.97. The number of hydrogen-bond donors (Lipinski definition) is 1. The van der Waals surface area contributed by atoms with Crippen molar-refractivity contribution in [2.24, 2.45) is 0 Å². The number of rotatable bonds is 4. The number of carbonyl (C=O) groups excluding carboxylic acids is 1. The van der Waals surface area contributed by atoms with Crippen LogP contribution in [0.4, 0.5) is 0 Å². The molecule has 1 aliphatic heterocycles. The Labute approximate surface area is 138 Å². The Morgan fingerprint density at radius 3 is 2.57 bits per heavy atom. The zero-order valence-corrected chi connectivity index (χ0v) is 14.4. The number of hydrogen-bond acceptors (Lipinski definition) is 4. The third kappa shape index (κ3) is 3.42. The molecule has 0 spiro atoms. The molecule has 1 saturated heterocycles. The predicted octanol–water partition coefficient (Wildman–Crippen LogP) is 2.31. The van der Waals surface area contributed by atoms with Crippen molar-refractivity contribution in [1.29, 1.82) is 0 Å². The Bertz CT molecular complexity index is 529. The van der Waals surface area contributed by atoms with E-state index in [0.717, 1.165) is 51.0 Å². The SMILES string of the molecule is CCN(C(=O)c1nnn(C2CCNCC2)c1C)C1CCCCC1. The van der Waals surface area contributed by atoms with E-state index in [9.17, 15) is 4.79 Å². The van der Waals surface area contributed by atoms with E-state index in [1.165, 1.54) is 19.3 Å². The topological polar surface area (TPSA) is 63.1 Å². The van der Waals surface area contributed by atoms with Crippen molar-refractivity contribution in [3.63, 3.8) is 0 Å². The van der Waals surface area contributed by atoms with Gasteiger partial charge < -0.3 is 10.2 Å². The van der Waals surface area contributed by atoms with Gasteiger partial charge in [-0.25, -0.2) is 4.68 Å². The molecule has 1 aromatic heterocycles. The second-order valence-electron chi connectivity index (χ2n) is 6.83. The number of carbonyl (C=O) groups is 1. The Morgan fingerprint density at radius 2 is 1.91 bits per heavy atom. The highest BCUT2D eigenvalue weighted by atomic mass is 16.2. The molecule has 0 atom stereocenters. The Balaban J connectivity index is 1.77. The molecule has 2 aliphatic rings. The Kier molecular flexibility index (Phi) is 5.30. The average Bonchev–Trinajstić information content (AvgIpc) is 2.99. The lowest BCUT2D eigenvalue weighted by molar-refractivity contribution is 0.0641. The first-order valence-electron chi connectivity index (χ1n) is 9.15. The van der Waals surface area contributed by atoms with Crippen molar-refractivity contribution in [3.05, 3.63) is 11.4 Å². The molecule has 128 valence electrons. The van der Waals surface area contributed by atoms with E-state index in [2.05, 4.69) is 22.6 Å². The monoisotopic (exact) mass is 319 g/mol. The zero-order valence-electron chi connectivity index (χ0n) is 14.4. The molecule has 6 heteroatoms. The summed E-state index contributed by atoms with van der Waals surface area (Å²) in [5.41, 5.74) is 1.48. The summed E-state index contributed by atoms with van der Waals surface area (Å²) >= 11 is 0. The van der Waals surface area contributed by atoms with Gasteiger partial charge in [-0.1, -0.05) is 24.5 Å². The van der Waals surface area contributed by atoms with Gasteiger partial charge in [0.15, 0.2) is 5.69 Å². The first kappa shape index (κ1) is 16.4. The van der Waals surface area contributed by atoms with Crippen molar-refractivity contribution in [2.45, 2.75) is 70.9 Å². The average molecular weight is 319 g/mol. The van der Waals surface area contributed by atoms with E-state index in [0.29, 0.717) is 17.8 Å². The quantitative estimate of drug-likeness (QED) is 0.925. The lowest BCUT2D eigenvalue weighted by Crippen LogP contribution is -2.41. The van der Waals surface area contributed by atoms with Crippen LogP contribution in [0.2, 0.25) is 0 Å². The molecule has 23 heavy (non-hydrogen) atoms. The number of piperidine rings is 1. The molecule has 1 amide bonds. The fourth-order valence-corrected chi connectivity index (χ4v) is 4.03. The maximum Gasteiger partial charge on any atom is 0.276 e. The van der Waals surface area contributed by atoms with Crippen molar-refractivity contribution in [1.82, 2.24) is 25.2 Å². The summed E-state index contributed by atoms with van der Waals surface area (Å²) in [6, 6.07) is 0.750. The molecule has 0 radical (unpaired) electrons. The Hall–Kier alpha value is -1.43. The standard InChI is InChI=1S/C17H29N5O/c1-3-21(14-7-5-4-6-8-14)17(23)16-13(2)22(20-19-16)15-9-11-18-12-10-15/h14-15,18H,3-12H2,1-2H3. The van der Waals surface area contributed by atoms with Crippen LogP contribution in [0.25, 0.3) is 0 Å². The van der Waals surface area contributed by atoms with Gasteiger partial charge in [0.1, 0.15) is 0 Å². The molecule has 1 N–H and O–H groups in total. The number of nitrogens with zero attached hydrogens (tertiary/aromatic N) is 4. The van der Waals surface area contributed by atoms with Crippen LogP contribution in [0.5, 0.6) is 0 Å². The van der Waals surface area contributed by atoms with Crippen molar-refractivity contribution in [3.8, 4) is 0 Å². The normalized spacial score (nSPS) is 20.6. The molecule has 0 aromatic carbocycles. The molecular weight excluding hydrogens is 290 g/mol. The van der Waals surface area contributed by atoms with E-state index in [1.807, 2.05) is 16.5 Å². The van der Waals surface area contributed by atoms with Gasteiger partial charge in [-0.15, -0.1) is 5.10 Å². The minimum atomic E-state index is 0.0667. The van der Waals surface area contributed by atoms with E-state index in [4.69, 9.17) is 0 Å². The molecular formula is C17H29N5O. The Morgan fingerprint density at radius 1 is 1.22 bits per heavy atom. The second kappa shape index (κ2) is 7.43. The highest BCUT2D eigenvalue weighted by molar-refractivity contribution is 5.93. The van der Waals surface area contributed by atoms with Gasteiger partial charge in [0.05, 0.1) is 11.7 Å². The predicted molar refractivity (Wildman–Crippen MR) is 89.5 cm³/mol. The van der Waals surface area contributed by atoms with Crippen molar-refractivity contribution >= 4 is 5.91 Å². The maximum absolute atomic E-state index is 13.0. The van der Waals surface area contributed by atoms with Crippen LogP contribution < -0.4 is 5.32 Å². The first-order valence-corrected chi connectivity index (χ1v) is 9.15. The summed E-state index contributed by atoms with van der Waals surface area (Å²) in [6.45, 7) is 6.83. The summed E-state index contributed by atoms with van der Waals surface area (Å²) in [6.07, 6.45) is 8.12. The second-order valence-corrected chi connectivity index (χ2v) is 6.83. The molecule has 2 heterocycles. The molecule has 3 rings (SSSR count). The first-order chi connectivity index (χ1) is 11.2. The lowest BCUT2D eigenvalue weighted by atomic mass is 9.94. The van der Waals surface area contributed by atoms with Gasteiger partial charge in [0.2, 0.25) is 0 Å². The van der Waals surface area contributed by atoms with E-state index in [-0.39, 0.29) is 5.91 Å². The highest BCUT2D eigenvalue weighted by Gasteiger charge is 2.29. The van der Waals surface area contributed by atoms with Crippen LogP contribution in [-0.4, -0.2) is 51.5 Å². The van der Waals surface area contributed by atoms with Gasteiger partial charge in [0, 0.05) is 12.6 Å². The maximum atomic E-state index is 13.0. The number of nitrogens with one attached hydrogen (secondary N) is 1. The van der Waals surface area contributed by atoms with Crippen LogP contribution in [0.3, 0.4) is 0 Å². The molecule has 1 aliphatic carbocycles. The molecule has 0 bridgehead atoms. The van der Waals surface area contributed by atoms with Crippen LogP contribution in [0, 0.1) is 6.92 Å². The minimum absolute atomic E-state index is 0.0667. The van der Waals surface area contributed by atoms with E-state index < -0.39 is 0 Å². The lowest BCUT2D eigenvalue weighted by Gasteiger charge is -2.33. The molecule has 6 nitrogen and oxygen atoms in total. The van der Waals surface area contributed by atoms with E-state index in [1.54, 1.807) is 0 Å². The highest BCUT2D eigenvalue weighted by Crippen LogP contribution is 2.25. The van der Waals surface area contributed by atoms with Crippen LogP contribution >= 0.6 is 0 Å². The summed E-state index contributed by atoms with van der Waals surface area (Å²) in [4.78, 5) is 15.0. The molecule has 1 saturated carbocycles. The van der Waals surface area contributed by atoms with Crippen LogP contribution in [0.15, 0.2) is 0 Å². The molecule has 2 fully saturated rings. The van der Waals surface area contributed by atoms with Crippen molar-refractivity contribution in [2.75, 3.05) is 19.6 Å². The van der Waals surface area contributed by atoms with Crippen LogP contribution in [-0.2, 0) is 0 Å². The number of amides is 1. The summed E-state index contributed by atoms with van der Waals surface area (Å²) in [7, 11) is 0. The fourth-order valence-electron chi connectivity index (χ4n) is 4.03. The largest absolute Gasteiger partial charge is 0.334 e. The smallest absolute Gasteiger partial charge is 0.276 e. The van der Waals surface area contributed by atoms with E-state index >= 15 is 0 Å². The number of aromatic nitrogens is 3. The molecule has 0 unspecified atom stereocenters. The molecule has 1 aromatic rings.